The Balaban J connectivity index is 2.05. The second-order valence-electron chi connectivity index (χ2n) is 8.15. The fourth-order valence-corrected chi connectivity index (χ4v) is 3.69. The number of carboxylic acids is 1. The number of nitrogens with zero attached hydrogens (tertiary/aromatic N) is 2. The van der Waals surface area contributed by atoms with Crippen LogP contribution in [0.2, 0.25) is 0 Å². The molecule has 4 N–H and O–H groups in total. The van der Waals surface area contributed by atoms with E-state index in [0.717, 1.165) is 6.07 Å². The van der Waals surface area contributed by atoms with E-state index in [9.17, 15) is 24.6 Å². The quantitative estimate of drug-likeness (QED) is 0.357. The van der Waals surface area contributed by atoms with Crippen LogP contribution in [-0.4, -0.2) is 47.9 Å². The molecular weight excluding hydrogens is 476 g/mol. The molecule has 0 aromatic heterocycles. The van der Waals surface area contributed by atoms with E-state index in [2.05, 4.69) is 5.32 Å². The van der Waals surface area contributed by atoms with Crippen LogP contribution < -0.4 is 15.0 Å². The van der Waals surface area contributed by atoms with Crippen molar-refractivity contribution in [1.29, 1.82) is 10.7 Å². The number of phenols is 1. The molecule has 0 saturated heterocycles. The zero-order chi connectivity index (χ0) is 27.4. The molecular formula is C27H24N4O6. The van der Waals surface area contributed by atoms with Crippen LogP contribution in [0.25, 0.3) is 11.1 Å². The molecule has 3 rings (SSSR count). The van der Waals surface area contributed by atoms with Crippen LogP contribution in [0.1, 0.15) is 34.0 Å². The smallest absolute Gasteiger partial charge is 0.337 e. The van der Waals surface area contributed by atoms with Crippen molar-refractivity contribution in [1.82, 2.24) is 0 Å². The number of amides is 2. The molecule has 3 aromatic carbocycles. The van der Waals surface area contributed by atoms with Crippen molar-refractivity contribution >= 4 is 34.9 Å². The summed E-state index contributed by atoms with van der Waals surface area (Å²) in [5, 5.41) is 39.8. The Bertz CT molecular complexity index is 1490. The Hall–Kier alpha value is -5.17. The standard InChI is InChI=1S/C27H24N4O6/c1-14-9-23(33)21(12-18(14)19-11-17(31(3)15(2)32)6-8-24(19)37-4)25(29)26(34)30-22-7-5-16(13-28)10-20(22)27(35)36/h5-12,29,33H,1-4H3,(H,30,34)(H,35,36). The van der Waals surface area contributed by atoms with Gasteiger partial charge in [-0.2, -0.15) is 5.26 Å². The number of anilines is 2. The summed E-state index contributed by atoms with van der Waals surface area (Å²) in [4.78, 5) is 37.8. The van der Waals surface area contributed by atoms with Gasteiger partial charge in [-0.3, -0.25) is 15.0 Å². The third kappa shape index (κ3) is 5.41. The van der Waals surface area contributed by atoms with Crippen LogP contribution in [-0.2, 0) is 9.59 Å². The number of nitriles is 1. The van der Waals surface area contributed by atoms with Gasteiger partial charge in [-0.05, 0) is 66.6 Å². The zero-order valence-corrected chi connectivity index (χ0v) is 20.5. The molecule has 0 bridgehead atoms. The third-order valence-electron chi connectivity index (χ3n) is 5.80. The summed E-state index contributed by atoms with van der Waals surface area (Å²) in [6.07, 6.45) is 0. The van der Waals surface area contributed by atoms with Crippen LogP contribution >= 0.6 is 0 Å². The Kier molecular flexibility index (Phi) is 7.59. The summed E-state index contributed by atoms with van der Waals surface area (Å²) in [5.74, 6) is -2.35. The van der Waals surface area contributed by atoms with Crippen molar-refractivity contribution in [2.24, 2.45) is 0 Å². The van der Waals surface area contributed by atoms with Crippen LogP contribution in [0.15, 0.2) is 48.5 Å². The Morgan fingerprint density at radius 2 is 1.76 bits per heavy atom. The Morgan fingerprint density at radius 3 is 2.35 bits per heavy atom. The van der Waals surface area contributed by atoms with E-state index >= 15 is 0 Å². The number of aromatic hydroxyl groups is 1. The topological polar surface area (TPSA) is 164 Å². The fourth-order valence-electron chi connectivity index (χ4n) is 3.69. The first-order chi connectivity index (χ1) is 17.5. The number of ether oxygens (including phenoxy) is 1. The molecule has 2 amide bonds. The molecule has 188 valence electrons. The van der Waals surface area contributed by atoms with Gasteiger partial charge >= 0.3 is 5.97 Å². The van der Waals surface area contributed by atoms with Crippen molar-refractivity contribution in [2.45, 2.75) is 13.8 Å². The maximum atomic E-state index is 12.9. The number of rotatable bonds is 7. The normalized spacial score (nSPS) is 10.2. The van der Waals surface area contributed by atoms with Crippen molar-refractivity contribution in [2.75, 3.05) is 24.4 Å². The summed E-state index contributed by atoms with van der Waals surface area (Å²) in [5.41, 5.74) is 1.29. The number of hydrogen-bond acceptors (Lipinski definition) is 7. The van der Waals surface area contributed by atoms with Gasteiger partial charge in [-0.15, -0.1) is 0 Å². The van der Waals surface area contributed by atoms with E-state index < -0.39 is 17.6 Å². The number of carboxylic acid groups (broad SMARTS) is 1. The molecule has 0 spiro atoms. The molecule has 0 unspecified atom stereocenters. The van der Waals surface area contributed by atoms with E-state index in [1.165, 1.54) is 43.2 Å². The van der Waals surface area contributed by atoms with Crippen molar-refractivity contribution in [3.8, 4) is 28.7 Å². The predicted octanol–water partition coefficient (Wildman–Crippen LogP) is 3.94. The highest BCUT2D eigenvalue weighted by molar-refractivity contribution is 6.48. The van der Waals surface area contributed by atoms with Gasteiger partial charge in [0.15, 0.2) is 0 Å². The minimum Gasteiger partial charge on any atom is -0.507 e. The van der Waals surface area contributed by atoms with Gasteiger partial charge in [0.2, 0.25) is 5.91 Å². The monoisotopic (exact) mass is 500 g/mol. The van der Waals surface area contributed by atoms with E-state index in [4.69, 9.17) is 15.4 Å². The van der Waals surface area contributed by atoms with Crippen LogP contribution in [0.5, 0.6) is 11.5 Å². The Morgan fingerprint density at radius 1 is 1.05 bits per heavy atom. The van der Waals surface area contributed by atoms with Crippen LogP contribution in [0.4, 0.5) is 11.4 Å². The summed E-state index contributed by atoms with van der Waals surface area (Å²) in [6.45, 7) is 3.16. The van der Waals surface area contributed by atoms with Crippen LogP contribution in [0, 0.1) is 23.7 Å². The van der Waals surface area contributed by atoms with Crippen molar-refractivity contribution in [3.63, 3.8) is 0 Å². The lowest BCUT2D eigenvalue weighted by Gasteiger charge is -2.19. The average molecular weight is 501 g/mol. The van der Waals surface area contributed by atoms with E-state index in [-0.39, 0.29) is 34.0 Å². The number of aryl methyl sites for hydroxylation is 1. The number of methoxy groups -OCH3 is 1. The largest absolute Gasteiger partial charge is 0.507 e. The highest BCUT2D eigenvalue weighted by Crippen LogP contribution is 2.38. The zero-order valence-electron chi connectivity index (χ0n) is 20.5. The molecule has 37 heavy (non-hydrogen) atoms. The number of hydrogen-bond donors (Lipinski definition) is 4. The summed E-state index contributed by atoms with van der Waals surface area (Å²) < 4.78 is 5.48. The van der Waals surface area contributed by atoms with Gasteiger partial charge in [0, 0.05) is 30.8 Å². The van der Waals surface area contributed by atoms with Gasteiger partial charge in [-0.25, -0.2) is 4.79 Å². The number of nitrogens with one attached hydrogen (secondary N) is 2. The second-order valence-corrected chi connectivity index (χ2v) is 8.15. The molecule has 3 aromatic rings. The van der Waals surface area contributed by atoms with E-state index in [1.807, 2.05) is 6.07 Å². The van der Waals surface area contributed by atoms with Gasteiger partial charge in [-0.1, -0.05) is 0 Å². The number of phenolic OH excluding ortho intramolecular Hbond substituents is 1. The first-order valence-electron chi connectivity index (χ1n) is 10.9. The minimum absolute atomic E-state index is 0.0953. The predicted molar refractivity (Wildman–Crippen MR) is 137 cm³/mol. The Labute approximate surface area is 212 Å². The molecule has 10 heteroatoms. The average Bonchev–Trinajstić information content (AvgIpc) is 2.87. The summed E-state index contributed by atoms with van der Waals surface area (Å²) >= 11 is 0. The molecule has 10 nitrogen and oxygen atoms in total. The molecule has 0 radical (unpaired) electrons. The van der Waals surface area contributed by atoms with Gasteiger partial charge in [0.1, 0.15) is 17.2 Å². The molecule has 0 aliphatic carbocycles. The summed E-state index contributed by atoms with van der Waals surface area (Å²) in [7, 11) is 3.11. The molecule has 0 heterocycles. The first kappa shape index (κ1) is 26.4. The van der Waals surface area contributed by atoms with Gasteiger partial charge < -0.3 is 25.2 Å². The first-order valence-corrected chi connectivity index (χ1v) is 10.9. The lowest BCUT2D eigenvalue weighted by Crippen LogP contribution is -2.24. The fraction of sp³-hybridized carbons (Fsp3) is 0.148. The lowest BCUT2D eigenvalue weighted by molar-refractivity contribution is -0.116. The minimum atomic E-state index is -1.36. The van der Waals surface area contributed by atoms with Gasteiger partial charge in [0.05, 0.1) is 30.0 Å². The summed E-state index contributed by atoms with van der Waals surface area (Å²) in [6, 6.07) is 13.5. The van der Waals surface area contributed by atoms with Crippen molar-refractivity contribution in [3.05, 3.63) is 70.8 Å². The maximum absolute atomic E-state index is 12.9. The van der Waals surface area contributed by atoms with Crippen LogP contribution in [0.3, 0.4) is 0 Å². The lowest BCUT2D eigenvalue weighted by atomic mass is 9.94. The molecule has 0 aliphatic heterocycles. The maximum Gasteiger partial charge on any atom is 0.337 e. The third-order valence-corrected chi connectivity index (χ3v) is 5.80. The SMILES string of the molecule is COc1ccc(N(C)C(C)=O)cc1-c1cc(C(=N)C(=O)Nc2ccc(C#N)cc2C(=O)O)c(O)cc1C. The second kappa shape index (κ2) is 10.6. The number of benzene rings is 3. The molecule has 0 aliphatic rings. The highest BCUT2D eigenvalue weighted by Gasteiger charge is 2.22. The highest BCUT2D eigenvalue weighted by atomic mass is 16.5. The van der Waals surface area contributed by atoms with Crippen molar-refractivity contribution < 1.29 is 29.3 Å². The number of carbonyl (C=O) groups is 3. The number of carbonyl (C=O) groups excluding carboxylic acids is 2. The van der Waals surface area contributed by atoms with E-state index in [0.29, 0.717) is 28.1 Å². The molecule has 0 saturated carbocycles. The van der Waals surface area contributed by atoms with E-state index in [1.54, 1.807) is 32.2 Å². The van der Waals surface area contributed by atoms with Gasteiger partial charge in [0.25, 0.3) is 5.91 Å². The number of aromatic carboxylic acids is 1. The molecule has 0 fully saturated rings. The molecule has 0 atom stereocenters.